The van der Waals surface area contributed by atoms with E-state index >= 15 is 0 Å². The van der Waals surface area contributed by atoms with Crippen LogP contribution in [0.2, 0.25) is 0 Å². The summed E-state index contributed by atoms with van der Waals surface area (Å²) < 4.78 is 0. The number of urea groups is 1. The van der Waals surface area contributed by atoms with Gasteiger partial charge >= 0.3 is 6.03 Å². The lowest BCUT2D eigenvalue weighted by atomic mass is 9.97. The van der Waals surface area contributed by atoms with Gasteiger partial charge in [0, 0.05) is 5.92 Å². The summed E-state index contributed by atoms with van der Waals surface area (Å²) in [4.78, 5) is 20.5. The molecule has 2 fully saturated rings. The van der Waals surface area contributed by atoms with Gasteiger partial charge < -0.3 is 15.7 Å². The molecule has 0 radical (unpaired) electrons. The average molecular weight is 276 g/mol. The van der Waals surface area contributed by atoms with E-state index in [0.717, 1.165) is 31.5 Å². The molecule has 2 aliphatic carbocycles. The number of hydrogen-bond acceptors (Lipinski definition) is 4. The molecule has 3 N–H and O–H groups in total. The Morgan fingerprint density at radius 3 is 2.50 bits per heavy atom. The first kappa shape index (κ1) is 13.3. The number of carbonyl (C=O) groups is 1. The van der Waals surface area contributed by atoms with Crippen molar-refractivity contribution in [1.82, 2.24) is 15.3 Å². The molecule has 1 unspecified atom stereocenters. The second-order valence-electron chi connectivity index (χ2n) is 6.03. The third kappa shape index (κ3) is 2.90. The number of aliphatic hydroxyl groups is 1. The Labute approximate surface area is 118 Å². The first-order valence-electron chi connectivity index (χ1n) is 7.13. The molecule has 2 saturated carbocycles. The number of aliphatic hydroxyl groups excluding tert-OH is 1. The van der Waals surface area contributed by atoms with Crippen LogP contribution in [0.5, 0.6) is 0 Å². The van der Waals surface area contributed by atoms with Crippen LogP contribution in [0.3, 0.4) is 0 Å². The Morgan fingerprint density at radius 1 is 1.35 bits per heavy atom. The minimum Gasteiger partial charge on any atom is -0.394 e. The molecule has 2 aliphatic rings. The van der Waals surface area contributed by atoms with Gasteiger partial charge in [-0.25, -0.2) is 14.8 Å². The van der Waals surface area contributed by atoms with Crippen molar-refractivity contribution < 1.29 is 9.90 Å². The Balaban J connectivity index is 1.57. The van der Waals surface area contributed by atoms with Gasteiger partial charge in [-0.15, -0.1) is 0 Å². The fraction of sp³-hybridized carbons (Fsp3) is 0.643. The second-order valence-corrected chi connectivity index (χ2v) is 6.03. The van der Waals surface area contributed by atoms with Crippen molar-refractivity contribution in [2.24, 2.45) is 5.92 Å². The zero-order valence-electron chi connectivity index (χ0n) is 11.6. The zero-order valence-corrected chi connectivity index (χ0v) is 11.6. The summed E-state index contributed by atoms with van der Waals surface area (Å²) in [6, 6.07) is -0.323. The third-order valence-electron chi connectivity index (χ3n) is 4.08. The summed E-state index contributed by atoms with van der Waals surface area (Å²) in [5.74, 6) is 1.73. The number of aromatic nitrogens is 2. The highest BCUT2D eigenvalue weighted by atomic mass is 16.3. The van der Waals surface area contributed by atoms with Crippen LogP contribution < -0.4 is 10.6 Å². The van der Waals surface area contributed by atoms with Crippen LogP contribution in [0.15, 0.2) is 12.4 Å². The average Bonchev–Trinajstić information content (AvgIpc) is 3.31. The van der Waals surface area contributed by atoms with Gasteiger partial charge in [-0.2, -0.15) is 0 Å². The summed E-state index contributed by atoms with van der Waals surface area (Å²) in [6.45, 7) is 1.82. The van der Waals surface area contributed by atoms with Crippen molar-refractivity contribution in [2.45, 2.75) is 44.1 Å². The van der Waals surface area contributed by atoms with Crippen molar-refractivity contribution in [1.29, 1.82) is 0 Å². The van der Waals surface area contributed by atoms with E-state index in [1.165, 1.54) is 0 Å². The minimum atomic E-state index is -0.543. The fourth-order valence-corrected chi connectivity index (χ4v) is 2.37. The van der Waals surface area contributed by atoms with Gasteiger partial charge in [0.05, 0.1) is 30.2 Å². The highest BCUT2D eigenvalue weighted by Crippen LogP contribution is 2.39. The molecule has 6 heteroatoms. The van der Waals surface area contributed by atoms with Gasteiger partial charge in [0.15, 0.2) is 0 Å². The van der Waals surface area contributed by atoms with Crippen LogP contribution >= 0.6 is 0 Å². The summed E-state index contributed by atoms with van der Waals surface area (Å²) >= 11 is 0. The number of amides is 2. The topological polar surface area (TPSA) is 87.1 Å². The third-order valence-corrected chi connectivity index (χ3v) is 4.08. The highest BCUT2D eigenvalue weighted by molar-refractivity contribution is 5.89. The fourth-order valence-electron chi connectivity index (χ4n) is 2.37. The molecule has 1 atom stereocenters. The monoisotopic (exact) mass is 276 g/mol. The predicted molar refractivity (Wildman–Crippen MR) is 74.4 cm³/mol. The standard InChI is InChI=1S/C14H20N4O2/c1-14(8-19,10-4-5-10)18-13(20)17-11-6-15-12(16-7-11)9-2-3-9/h6-7,9-10,19H,2-5,8H2,1H3,(H2,17,18,20). The first-order valence-corrected chi connectivity index (χ1v) is 7.13. The van der Waals surface area contributed by atoms with Crippen LogP contribution in [0.4, 0.5) is 10.5 Å². The molecule has 1 aromatic heterocycles. The zero-order chi connectivity index (χ0) is 14.2. The predicted octanol–water partition coefficient (Wildman–Crippen LogP) is 1.64. The van der Waals surface area contributed by atoms with Crippen LogP contribution in [0.25, 0.3) is 0 Å². The lowest BCUT2D eigenvalue weighted by Gasteiger charge is -2.28. The Morgan fingerprint density at radius 2 is 2.00 bits per heavy atom. The number of anilines is 1. The molecule has 20 heavy (non-hydrogen) atoms. The SMILES string of the molecule is CC(CO)(NC(=O)Nc1cnc(C2CC2)nc1)C1CC1. The lowest BCUT2D eigenvalue weighted by molar-refractivity contribution is 0.159. The van der Waals surface area contributed by atoms with Crippen molar-refractivity contribution >= 4 is 11.7 Å². The molecule has 3 rings (SSSR count). The normalized spacial score (nSPS) is 21.1. The Bertz CT molecular complexity index is 496. The molecular weight excluding hydrogens is 256 g/mol. The van der Waals surface area contributed by atoms with E-state index in [0.29, 0.717) is 17.5 Å². The maximum absolute atomic E-state index is 12.0. The molecule has 108 valence electrons. The molecular formula is C14H20N4O2. The Kier molecular flexibility index (Phi) is 3.33. The number of nitrogens with zero attached hydrogens (tertiary/aromatic N) is 2. The van der Waals surface area contributed by atoms with E-state index in [4.69, 9.17) is 0 Å². The summed E-state index contributed by atoms with van der Waals surface area (Å²) in [5.41, 5.74) is 0.0294. The van der Waals surface area contributed by atoms with Gasteiger partial charge in [0.25, 0.3) is 0 Å². The van der Waals surface area contributed by atoms with Crippen molar-refractivity contribution in [3.05, 3.63) is 18.2 Å². The van der Waals surface area contributed by atoms with Crippen LogP contribution in [0, 0.1) is 5.92 Å². The maximum Gasteiger partial charge on any atom is 0.319 e. The molecule has 0 spiro atoms. The molecule has 0 bridgehead atoms. The smallest absolute Gasteiger partial charge is 0.319 e. The van der Waals surface area contributed by atoms with E-state index in [2.05, 4.69) is 20.6 Å². The second kappa shape index (κ2) is 5.01. The van der Waals surface area contributed by atoms with Gasteiger partial charge in [-0.3, -0.25) is 0 Å². The molecule has 0 saturated heterocycles. The van der Waals surface area contributed by atoms with Gasteiger partial charge in [0.1, 0.15) is 5.82 Å². The van der Waals surface area contributed by atoms with Gasteiger partial charge in [0.2, 0.25) is 0 Å². The van der Waals surface area contributed by atoms with Crippen LogP contribution in [-0.2, 0) is 0 Å². The van der Waals surface area contributed by atoms with Crippen LogP contribution in [-0.4, -0.2) is 33.3 Å². The van der Waals surface area contributed by atoms with E-state index in [9.17, 15) is 9.90 Å². The summed E-state index contributed by atoms with van der Waals surface area (Å²) in [6.07, 6.45) is 7.68. The molecule has 6 nitrogen and oxygen atoms in total. The molecule has 2 amide bonds. The lowest BCUT2D eigenvalue weighted by Crippen LogP contribution is -2.52. The summed E-state index contributed by atoms with van der Waals surface area (Å²) in [5, 5.41) is 15.0. The van der Waals surface area contributed by atoms with Crippen molar-refractivity contribution in [3.8, 4) is 0 Å². The largest absolute Gasteiger partial charge is 0.394 e. The van der Waals surface area contributed by atoms with E-state index in [1.807, 2.05) is 6.92 Å². The highest BCUT2D eigenvalue weighted by Gasteiger charge is 2.42. The minimum absolute atomic E-state index is 0.0534. The summed E-state index contributed by atoms with van der Waals surface area (Å²) in [7, 11) is 0. The van der Waals surface area contributed by atoms with E-state index < -0.39 is 5.54 Å². The van der Waals surface area contributed by atoms with E-state index in [-0.39, 0.29) is 12.6 Å². The quantitative estimate of drug-likeness (QED) is 0.763. The number of carbonyl (C=O) groups excluding carboxylic acids is 1. The maximum atomic E-state index is 12.0. The molecule has 1 heterocycles. The van der Waals surface area contributed by atoms with Crippen molar-refractivity contribution in [3.63, 3.8) is 0 Å². The number of hydrogen-bond donors (Lipinski definition) is 3. The Hall–Kier alpha value is -1.69. The van der Waals surface area contributed by atoms with Gasteiger partial charge in [-0.1, -0.05) is 0 Å². The number of nitrogens with one attached hydrogen (secondary N) is 2. The number of rotatable bonds is 5. The van der Waals surface area contributed by atoms with E-state index in [1.54, 1.807) is 12.4 Å². The first-order chi connectivity index (χ1) is 9.60. The van der Waals surface area contributed by atoms with Crippen molar-refractivity contribution in [2.75, 3.05) is 11.9 Å². The molecule has 0 aliphatic heterocycles. The molecule has 0 aromatic carbocycles. The van der Waals surface area contributed by atoms with Gasteiger partial charge in [-0.05, 0) is 38.5 Å². The van der Waals surface area contributed by atoms with Crippen LogP contribution in [0.1, 0.15) is 44.3 Å². The molecule has 1 aromatic rings.